The van der Waals surface area contributed by atoms with Gasteiger partial charge in [-0.05, 0) is 19.3 Å². The Morgan fingerprint density at radius 1 is 1.45 bits per heavy atom. The smallest absolute Gasteiger partial charge is 0.133 e. The number of carbonyl (C=O) groups excluding carboxylic acids is 1. The van der Waals surface area contributed by atoms with Crippen LogP contribution in [0.3, 0.4) is 0 Å². The molecule has 0 bridgehead atoms. The van der Waals surface area contributed by atoms with Gasteiger partial charge in [0.1, 0.15) is 5.78 Å². The number of methoxy groups -OCH3 is 1. The van der Waals surface area contributed by atoms with Crippen LogP contribution < -0.4 is 0 Å². The summed E-state index contributed by atoms with van der Waals surface area (Å²) in [6.07, 6.45) is 0.851. The number of ether oxygens (including phenoxy) is 1. The lowest BCUT2D eigenvalue weighted by molar-refractivity contribution is -0.122. The van der Waals surface area contributed by atoms with Crippen molar-refractivity contribution >= 4 is 5.78 Å². The van der Waals surface area contributed by atoms with E-state index in [2.05, 4.69) is 13.8 Å². The summed E-state index contributed by atoms with van der Waals surface area (Å²) in [6.45, 7) is 6.48. The van der Waals surface area contributed by atoms with Crippen molar-refractivity contribution in [3.05, 3.63) is 0 Å². The third kappa shape index (κ3) is 4.14. The fourth-order valence-electron chi connectivity index (χ4n) is 1.25. The summed E-state index contributed by atoms with van der Waals surface area (Å²) in [7, 11) is 1.66. The van der Waals surface area contributed by atoms with Gasteiger partial charge in [-0.25, -0.2) is 0 Å². The first-order chi connectivity index (χ1) is 5.09. The van der Waals surface area contributed by atoms with Gasteiger partial charge in [-0.1, -0.05) is 13.8 Å². The van der Waals surface area contributed by atoms with Crippen molar-refractivity contribution in [2.45, 2.75) is 27.2 Å². The first kappa shape index (κ1) is 10.6. The second kappa shape index (κ2) is 5.30. The lowest BCUT2D eigenvalue weighted by Gasteiger charge is -2.16. The van der Waals surface area contributed by atoms with Crippen molar-refractivity contribution in [1.29, 1.82) is 0 Å². The average molecular weight is 158 g/mol. The van der Waals surface area contributed by atoms with Gasteiger partial charge in [0.15, 0.2) is 0 Å². The Labute approximate surface area is 68.9 Å². The molecule has 0 spiro atoms. The molecule has 66 valence electrons. The van der Waals surface area contributed by atoms with E-state index in [0.717, 1.165) is 6.42 Å². The van der Waals surface area contributed by atoms with Crippen molar-refractivity contribution in [2.75, 3.05) is 13.7 Å². The largest absolute Gasteiger partial charge is 0.385 e. The van der Waals surface area contributed by atoms with Crippen molar-refractivity contribution < 1.29 is 9.53 Å². The summed E-state index contributed by atoms with van der Waals surface area (Å²) in [5.41, 5.74) is 0. The summed E-state index contributed by atoms with van der Waals surface area (Å²) < 4.78 is 4.92. The Morgan fingerprint density at radius 3 is 2.27 bits per heavy atom. The van der Waals surface area contributed by atoms with E-state index in [1.807, 2.05) is 0 Å². The number of rotatable bonds is 5. The molecule has 0 radical (unpaired) electrons. The summed E-state index contributed by atoms with van der Waals surface area (Å²) in [5.74, 6) is 0.884. The Kier molecular flexibility index (Phi) is 5.12. The molecule has 0 amide bonds. The zero-order valence-corrected chi connectivity index (χ0v) is 7.89. The van der Waals surface area contributed by atoms with Crippen LogP contribution in [-0.2, 0) is 9.53 Å². The topological polar surface area (TPSA) is 26.3 Å². The maximum atomic E-state index is 11.0. The molecule has 0 aliphatic carbocycles. The van der Waals surface area contributed by atoms with Gasteiger partial charge in [-0.2, -0.15) is 0 Å². The summed E-state index contributed by atoms with van der Waals surface area (Å²) in [5, 5.41) is 0. The van der Waals surface area contributed by atoms with Gasteiger partial charge in [-0.3, -0.25) is 4.79 Å². The molecule has 1 atom stereocenters. The normalized spacial score (nSPS) is 13.5. The molecular weight excluding hydrogens is 140 g/mol. The molecule has 0 saturated heterocycles. The molecule has 0 aromatic carbocycles. The molecule has 0 N–H and O–H groups in total. The second-order valence-corrected chi connectivity index (χ2v) is 3.24. The summed E-state index contributed by atoms with van der Waals surface area (Å²) >= 11 is 0. The quantitative estimate of drug-likeness (QED) is 0.610. The van der Waals surface area contributed by atoms with E-state index in [1.54, 1.807) is 14.0 Å². The van der Waals surface area contributed by atoms with E-state index in [9.17, 15) is 4.79 Å². The van der Waals surface area contributed by atoms with Gasteiger partial charge in [0.25, 0.3) is 0 Å². The maximum Gasteiger partial charge on any atom is 0.133 e. The Balaban J connectivity index is 3.80. The number of hydrogen-bond acceptors (Lipinski definition) is 2. The van der Waals surface area contributed by atoms with Crippen LogP contribution in [0, 0.1) is 11.8 Å². The van der Waals surface area contributed by atoms with Crippen LogP contribution in [0.15, 0.2) is 0 Å². The van der Waals surface area contributed by atoms with Crippen LogP contribution >= 0.6 is 0 Å². The van der Waals surface area contributed by atoms with E-state index in [0.29, 0.717) is 12.5 Å². The minimum Gasteiger partial charge on any atom is -0.385 e. The van der Waals surface area contributed by atoms with Gasteiger partial charge in [0.2, 0.25) is 0 Å². The van der Waals surface area contributed by atoms with Crippen LogP contribution in [0.1, 0.15) is 27.2 Å². The van der Waals surface area contributed by atoms with Crippen LogP contribution in [0.2, 0.25) is 0 Å². The first-order valence-corrected chi connectivity index (χ1v) is 4.09. The predicted molar refractivity (Wildman–Crippen MR) is 45.5 cm³/mol. The number of carbonyl (C=O) groups is 1. The zero-order chi connectivity index (χ0) is 8.85. The summed E-state index contributed by atoms with van der Waals surface area (Å²) in [6, 6.07) is 0. The van der Waals surface area contributed by atoms with Crippen molar-refractivity contribution in [3.8, 4) is 0 Å². The van der Waals surface area contributed by atoms with E-state index in [-0.39, 0.29) is 11.7 Å². The standard InChI is InChI=1S/C9H18O2/c1-7(2)9(8(3)10)5-6-11-4/h7,9H,5-6H2,1-4H3. The Hall–Kier alpha value is -0.370. The first-order valence-electron chi connectivity index (χ1n) is 4.09. The molecule has 0 aliphatic heterocycles. The molecule has 1 unspecified atom stereocenters. The molecular formula is C9H18O2. The van der Waals surface area contributed by atoms with Gasteiger partial charge in [0.05, 0.1) is 0 Å². The number of ketones is 1. The molecule has 0 heterocycles. The Bertz CT molecular complexity index is 119. The van der Waals surface area contributed by atoms with E-state index in [4.69, 9.17) is 4.74 Å². The highest BCUT2D eigenvalue weighted by molar-refractivity contribution is 5.78. The van der Waals surface area contributed by atoms with E-state index in [1.165, 1.54) is 0 Å². The fraction of sp³-hybridized carbons (Fsp3) is 0.889. The zero-order valence-electron chi connectivity index (χ0n) is 7.89. The molecule has 0 fully saturated rings. The lowest BCUT2D eigenvalue weighted by atomic mass is 9.90. The van der Waals surface area contributed by atoms with Gasteiger partial charge < -0.3 is 4.74 Å². The highest BCUT2D eigenvalue weighted by Crippen LogP contribution is 2.15. The molecule has 0 rings (SSSR count). The lowest BCUT2D eigenvalue weighted by Crippen LogP contribution is -2.19. The second-order valence-electron chi connectivity index (χ2n) is 3.24. The van der Waals surface area contributed by atoms with Crippen molar-refractivity contribution in [3.63, 3.8) is 0 Å². The molecule has 11 heavy (non-hydrogen) atoms. The van der Waals surface area contributed by atoms with Crippen LogP contribution in [0.4, 0.5) is 0 Å². The van der Waals surface area contributed by atoms with Gasteiger partial charge in [0, 0.05) is 19.6 Å². The van der Waals surface area contributed by atoms with Crippen LogP contribution in [0.25, 0.3) is 0 Å². The van der Waals surface area contributed by atoms with Crippen molar-refractivity contribution in [2.24, 2.45) is 11.8 Å². The fourth-order valence-corrected chi connectivity index (χ4v) is 1.25. The van der Waals surface area contributed by atoms with Crippen LogP contribution in [-0.4, -0.2) is 19.5 Å². The SMILES string of the molecule is COCCC(C(C)=O)C(C)C. The number of hydrogen-bond donors (Lipinski definition) is 0. The maximum absolute atomic E-state index is 11.0. The highest BCUT2D eigenvalue weighted by atomic mass is 16.5. The molecule has 0 aliphatic rings. The Morgan fingerprint density at radius 2 is 2.00 bits per heavy atom. The molecule has 0 aromatic heterocycles. The minimum absolute atomic E-state index is 0.176. The molecule has 0 aromatic rings. The van der Waals surface area contributed by atoms with Crippen LogP contribution in [0.5, 0.6) is 0 Å². The monoisotopic (exact) mass is 158 g/mol. The number of Topliss-reactive ketones (excluding diaryl/α,β-unsaturated/α-hetero) is 1. The average Bonchev–Trinajstić information content (AvgIpc) is 1.87. The molecule has 2 nitrogen and oxygen atoms in total. The highest BCUT2D eigenvalue weighted by Gasteiger charge is 2.17. The van der Waals surface area contributed by atoms with Crippen molar-refractivity contribution in [1.82, 2.24) is 0 Å². The minimum atomic E-state index is 0.176. The van der Waals surface area contributed by atoms with Gasteiger partial charge in [-0.15, -0.1) is 0 Å². The summed E-state index contributed by atoms with van der Waals surface area (Å²) in [4.78, 5) is 11.0. The third-order valence-corrected chi connectivity index (χ3v) is 1.96. The molecule has 0 saturated carbocycles. The predicted octanol–water partition coefficient (Wildman–Crippen LogP) is 1.88. The van der Waals surface area contributed by atoms with Gasteiger partial charge >= 0.3 is 0 Å². The van der Waals surface area contributed by atoms with E-state index < -0.39 is 0 Å². The van der Waals surface area contributed by atoms with E-state index >= 15 is 0 Å². The molecule has 2 heteroatoms. The third-order valence-electron chi connectivity index (χ3n) is 1.96.